The van der Waals surface area contributed by atoms with Crippen molar-refractivity contribution in [2.45, 2.75) is 0 Å². The number of thiocarbonyl (C=S) groups is 1. The molecule has 0 aromatic carbocycles. The number of nitrogens with one attached hydrogen (secondary N) is 1. The smallest absolute Gasteiger partial charge is 0.409 e. The van der Waals surface area contributed by atoms with Crippen molar-refractivity contribution < 1.29 is 55.2 Å². The van der Waals surface area contributed by atoms with E-state index in [1.807, 2.05) is 5.48 Å². The Labute approximate surface area is 124 Å². The molecule has 0 aliphatic heterocycles. The Hall–Kier alpha value is 1.35. The predicted molar refractivity (Wildman–Crippen MR) is 50.5 cm³/mol. The molecule has 0 saturated carbocycles. The van der Waals surface area contributed by atoms with Gasteiger partial charge < -0.3 is 24.8 Å². The van der Waals surface area contributed by atoms with Gasteiger partial charge in [-0.2, -0.15) is 3.71 Å². The van der Waals surface area contributed by atoms with E-state index in [2.05, 4.69) is 60.4 Å². The van der Waals surface area contributed by atoms with Crippen LogP contribution in [0.4, 0.5) is 4.79 Å². The van der Waals surface area contributed by atoms with Gasteiger partial charge >= 0.3 is 6.09 Å². The molecule has 0 fully saturated rings. The molecule has 5 nitrogen and oxygen atoms in total. The van der Waals surface area contributed by atoms with Gasteiger partial charge in [0.2, 0.25) is 0 Å². The molecule has 0 bridgehead atoms. The van der Waals surface area contributed by atoms with Crippen molar-refractivity contribution in [2.24, 2.45) is 0 Å². The maximum atomic E-state index is 10.4. The Bertz CT molecular complexity index is 171. The van der Waals surface area contributed by atoms with E-state index in [0.29, 0.717) is 3.71 Å². The third-order valence-electron chi connectivity index (χ3n) is 0.401. The maximum absolute atomic E-state index is 10.4. The van der Waals surface area contributed by atoms with Gasteiger partial charge in [0.1, 0.15) is 0 Å². The summed E-state index contributed by atoms with van der Waals surface area (Å²) in [5, 5.41) is 0. The van der Waals surface area contributed by atoms with Crippen molar-refractivity contribution in [1.29, 1.82) is 0 Å². The standard InChI is InChI=1S/C2H4N2O3S4.Mo.Zn/c5-2(4(10)11)6-7-3-1(8)9;;/h10-11H,(H2,3,8,9);;/p-1. The summed E-state index contributed by atoms with van der Waals surface area (Å²) >= 11 is 15.6. The number of amides is 1. The largest absolute Gasteiger partial charge is 0.463 e. The second-order valence-electron chi connectivity index (χ2n) is 1.11. The summed E-state index contributed by atoms with van der Waals surface area (Å²) in [7, 11) is 0. The van der Waals surface area contributed by atoms with E-state index < -0.39 is 6.09 Å². The van der Waals surface area contributed by atoms with Gasteiger partial charge in [0.15, 0.2) is 0 Å². The summed E-state index contributed by atoms with van der Waals surface area (Å²) in [5.74, 6) is 0. The second-order valence-corrected chi connectivity index (χ2v) is 3.30. The van der Waals surface area contributed by atoms with Crippen molar-refractivity contribution in [3.05, 3.63) is 0 Å². The number of rotatable bonds is 2. The predicted octanol–water partition coefficient (Wildman–Crippen LogP) is 0.378. The molecule has 0 aromatic heterocycles. The van der Waals surface area contributed by atoms with E-state index in [0.717, 1.165) is 0 Å². The van der Waals surface area contributed by atoms with Gasteiger partial charge in [0, 0.05) is 40.5 Å². The Morgan fingerprint density at radius 1 is 1.54 bits per heavy atom. The fourth-order valence-electron chi connectivity index (χ4n) is 0.124. The number of nitrogens with zero attached hydrogens (tertiary/aromatic N) is 1. The molecular weight excluding hydrogens is 390 g/mol. The van der Waals surface area contributed by atoms with Crippen LogP contribution in [0, 0.1) is 0 Å². The monoisotopic (exact) mass is 393 g/mol. The van der Waals surface area contributed by atoms with Crippen LogP contribution in [0.5, 0.6) is 0 Å². The van der Waals surface area contributed by atoms with Crippen LogP contribution in [0.3, 0.4) is 0 Å². The third kappa shape index (κ3) is 13.4. The maximum Gasteiger partial charge on any atom is 0.463 e. The summed E-state index contributed by atoms with van der Waals surface area (Å²) in [4.78, 5) is 18.4. The number of hydroxylamine groups is 1. The van der Waals surface area contributed by atoms with Gasteiger partial charge in [0.25, 0.3) is 0 Å². The van der Waals surface area contributed by atoms with E-state index in [9.17, 15) is 4.79 Å². The Morgan fingerprint density at radius 2 is 2.00 bits per heavy atom. The molecule has 0 saturated heterocycles. The van der Waals surface area contributed by atoms with Gasteiger partial charge in [-0.3, -0.25) is 0 Å². The van der Waals surface area contributed by atoms with Gasteiger partial charge in [-0.25, -0.2) is 15.2 Å². The average Bonchev–Trinajstić information content (AvgIpc) is 1.86. The molecule has 1 amide bonds. The third-order valence-corrected chi connectivity index (χ3v) is 0.895. The van der Waals surface area contributed by atoms with Gasteiger partial charge in [0.05, 0.1) is 0 Å². The van der Waals surface area contributed by atoms with Crippen molar-refractivity contribution in [3.63, 3.8) is 0 Å². The van der Waals surface area contributed by atoms with Crippen molar-refractivity contribution in [2.75, 3.05) is 0 Å². The van der Waals surface area contributed by atoms with E-state index >= 15 is 0 Å². The summed E-state index contributed by atoms with van der Waals surface area (Å²) in [6.45, 7) is 0. The van der Waals surface area contributed by atoms with Crippen molar-refractivity contribution in [1.82, 2.24) is 9.19 Å². The number of hydrogen-bond donors (Lipinski definition) is 3. The first-order valence-electron chi connectivity index (χ1n) is 2.06. The molecule has 0 spiro atoms. The van der Waals surface area contributed by atoms with Crippen molar-refractivity contribution >= 4 is 60.9 Å². The minimum absolute atomic E-state index is 0. The van der Waals surface area contributed by atoms with Gasteiger partial charge in [-0.15, -0.1) is 0 Å². The van der Waals surface area contributed by atoms with Crippen LogP contribution in [-0.4, -0.2) is 14.1 Å². The summed E-state index contributed by atoms with van der Waals surface area (Å²) < 4.78 is 0.497. The normalized spacial score (nSPS) is 7.23. The Morgan fingerprint density at radius 3 is 2.31 bits per heavy atom. The van der Waals surface area contributed by atoms with E-state index in [4.69, 9.17) is 0 Å². The number of hydrogen-bond acceptors (Lipinski definition) is 7. The first-order valence-corrected chi connectivity index (χ1v) is 3.68. The fraction of sp³-hybridized carbons (Fsp3) is 0. The van der Waals surface area contributed by atoms with Crippen LogP contribution in [-0.2, 0) is 63.0 Å². The zero-order chi connectivity index (χ0) is 8.85. The number of thiol groups is 2. The molecule has 13 heavy (non-hydrogen) atoms. The summed E-state index contributed by atoms with van der Waals surface area (Å²) in [6, 6.07) is 0. The average molecular weight is 393 g/mol. The molecule has 0 radical (unpaired) electrons. The van der Waals surface area contributed by atoms with Crippen LogP contribution in [0.25, 0.3) is 0 Å². The summed E-state index contributed by atoms with van der Waals surface area (Å²) in [5.41, 5.74) is 1.94. The fourth-order valence-corrected chi connectivity index (χ4v) is 0.259. The molecule has 0 unspecified atom stereocenters. The van der Waals surface area contributed by atoms with Crippen LogP contribution in [0.1, 0.15) is 0 Å². The van der Waals surface area contributed by atoms with Crippen LogP contribution < -0.4 is 5.48 Å². The zero-order valence-electron chi connectivity index (χ0n) is 6.00. The number of carbonyl (C=O) groups excluding carboxylic acids is 1. The Kier molecular flexibility index (Phi) is 17.5. The van der Waals surface area contributed by atoms with Gasteiger partial charge in [-0.1, -0.05) is 4.99 Å². The molecule has 0 heterocycles. The molecule has 11 heteroatoms. The van der Waals surface area contributed by atoms with Crippen LogP contribution >= 0.6 is 37.8 Å². The molecular formula is C2H3MoN2O3S4Zn-. The molecule has 0 aliphatic carbocycles. The summed E-state index contributed by atoms with van der Waals surface area (Å²) in [6.07, 6.45) is -0.921. The van der Waals surface area contributed by atoms with E-state index in [1.54, 1.807) is 0 Å². The first kappa shape index (κ1) is 19.9. The van der Waals surface area contributed by atoms with E-state index in [-0.39, 0.29) is 44.9 Å². The quantitative estimate of drug-likeness (QED) is 0.158. The molecule has 72 valence electrons. The zero-order valence-corrected chi connectivity index (χ0v) is 14.4. The second kappa shape index (κ2) is 11.4. The Balaban J connectivity index is -0.000000500. The SMILES string of the molecule is O=C(OONC(=S)[S-])N(S)S.[Mo].[Zn]. The number of carbonyl (C=O) groups is 1. The molecule has 0 atom stereocenters. The minimum atomic E-state index is -0.921. The molecule has 0 aromatic rings. The first-order chi connectivity index (χ1) is 5.04. The van der Waals surface area contributed by atoms with E-state index in [1.165, 1.54) is 0 Å². The molecule has 0 rings (SSSR count). The minimum Gasteiger partial charge on any atom is -0.409 e. The molecule has 1 N–H and O–H groups in total. The van der Waals surface area contributed by atoms with Crippen molar-refractivity contribution in [3.8, 4) is 0 Å². The topological polar surface area (TPSA) is 50.8 Å². The van der Waals surface area contributed by atoms with Crippen LogP contribution in [0.15, 0.2) is 0 Å². The molecule has 0 aliphatic rings. The van der Waals surface area contributed by atoms with Gasteiger partial charge in [-0.05, 0) is 30.0 Å². The van der Waals surface area contributed by atoms with Crippen LogP contribution in [0.2, 0.25) is 0 Å².